The van der Waals surface area contributed by atoms with Gasteiger partial charge in [-0.3, -0.25) is 28.9 Å². The molecule has 0 atom stereocenters. The summed E-state index contributed by atoms with van der Waals surface area (Å²) in [6, 6.07) is 17.1. The van der Waals surface area contributed by atoms with Crippen LogP contribution in [0.2, 0.25) is 0 Å². The normalized spacial score (nSPS) is 13.3. The lowest BCUT2D eigenvalue weighted by molar-refractivity contribution is -0.138. The number of anilines is 1. The first-order chi connectivity index (χ1) is 19.4. The lowest BCUT2D eigenvalue weighted by atomic mass is 10.1. The molecule has 3 amide bonds. The van der Waals surface area contributed by atoms with Crippen LogP contribution in [0.1, 0.15) is 35.8 Å². The number of carbonyl (C=O) groups excluding carboxylic acids is 3. The van der Waals surface area contributed by atoms with Gasteiger partial charge in [0.1, 0.15) is 0 Å². The third-order valence-electron chi connectivity index (χ3n) is 7.08. The Bertz CT molecular complexity index is 1500. The first-order valence-electron chi connectivity index (χ1n) is 13.4. The number of hydrogen-bond donors (Lipinski definition) is 1. The molecule has 1 aliphatic rings. The first-order valence-corrected chi connectivity index (χ1v) is 13.4. The number of benzene rings is 2. The van der Waals surface area contributed by atoms with E-state index in [0.29, 0.717) is 57.0 Å². The molecule has 0 aliphatic carbocycles. The van der Waals surface area contributed by atoms with Gasteiger partial charge in [-0.05, 0) is 42.7 Å². The summed E-state index contributed by atoms with van der Waals surface area (Å²) in [5, 5.41) is 7.20. The Morgan fingerprint density at radius 1 is 0.900 bits per heavy atom. The summed E-state index contributed by atoms with van der Waals surface area (Å²) in [6.07, 6.45) is 7.22. The first kappa shape index (κ1) is 26.9. The number of carbonyl (C=O) groups is 3. The van der Waals surface area contributed by atoms with E-state index in [2.05, 4.69) is 10.4 Å². The second kappa shape index (κ2) is 12.0. The van der Waals surface area contributed by atoms with Crippen molar-refractivity contribution in [3.63, 3.8) is 0 Å². The summed E-state index contributed by atoms with van der Waals surface area (Å²) in [5.74, 6) is 0.294. The van der Waals surface area contributed by atoms with Crippen LogP contribution in [0.15, 0.2) is 73.2 Å². The molecule has 1 fully saturated rings. The van der Waals surface area contributed by atoms with Crippen LogP contribution < -0.4 is 5.32 Å². The maximum Gasteiger partial charge on any atom is 0.258 e. The Morgan fingerprint density at radius 2 is 1.65 bits per heavy atom. The fraction of sp³-hybridized carbons (Fsp3) is 0.300. The third kappa shape index (κ3) is 6.28. The Labute approximate surface area is 233 Å². The van der Waals surface area contributed by atoms with Crippen LogP contribution in [0.5, 0.6) is 0 Å². The van der Waals surface area contributed by atoms with Crippen molar-refractivity contribution < 1.29 is 14.4 Å². The predicted molar refractivity (Wildman–Crippen MR) is 152 cm³/mol. The standard InChI is InChI=1S/C30H33N7O3/c1-22(38)35-14-16-36(17-15-35)28(39)13-7-10-26-21-37(27-11-4-3-5-12-27)30(32-26)33-29(40)24-9-6-8-23(18-24)25-19-31-34(2)20-25/h3-6,8-9,11-12,18-21H,7,10,13-17H2,1-2H3,(H,32,33,40). The van der Waals surface area contributed by atoms with E-state index in [-0.39, 0.29) is 17.7 Å². The van der Waals surface area contributed by atoms with Crippen LogP contribution >= 0.6 is 0 Å². The molecule has 0 spiro atoms. The number of rotatable bonds is 8. The SMILES string of the molecule is CC(=O)N1CCN(C(=O)CCCc2cn(-c3ccccc3)c(NC(=O)c3cccc(-c4cnn(C)c4)c3)n2)CC1. The zero-order valence-electron chi connectivity index (χ0n) is 22.8. The van der Waals surface area contributed by atoms with Crippen molar-refractivity contribution in [2.24, 2.45) is 7.05 Å². The lowest BCUT2D eigenvalue weighted by Crippen LogP contribution is -2.50. The van der Waals surface area contributed by atoms with E-state index in [1.807, 2.05) is 77.4 Å². The molecule has 10 heteroatoms. The van der Waals surface area contributed by atoms with Crippen LogP contribution in [-0.2, 0) is 23.1 Å². The molecule has 0 radical (unpaired) electrons. The summed E-state index contributed by atoms with van der Waals surface area (Å²) in [4.78, 5) is 45.9. The molecule has 0 unspecified atom stereocenters. The smallest absolute Gasteiger partial charge is 0.258 e. The van der Waals surface area contributed by atoms with Crippen LogP contribution in [0.3, 0.4) is 0 Å². The van der Waals surface area contributed by atoms with Gasteiger partial charge < -0.3 is 9.80 Å². The molecule has 10 nitrogen and oxygen atoms in total. The monoisotopic (exact) mass is 539 g/mol. The van der Waals surface area contributed by atoms with E-state index in [4.69, 9.17) is 4.98 Å². The van der Waals surface area contributed by atoms with Crippen molar-refractivity contribution in [3.05, 3.63) is 84.4 Å². The highest BCUT2D eigenvalue weighted by Crippen LogP contribution is 2.22. The predicted octanol–water partition coefficient (Wildman–Crippen LogP) is 3.54. The average Bonchev–Trinajstić information content (AvgIpc) is 3.59. The second-order valence-corrected chi connectivity index (χ2v) is 9.94. The largest absolute Gasteiger partial charge is 0.339 e. The number of para-hydroxylation sites is 1. The van der Waals surface area contributed by atoms with Crippen LogP contribution in [0, 0.1) is 0 Å². The van der Waals surface area contributed by atoms with Crippen LogP contribution in [0.4, 0.5) is 5.95 Å². The molecule has 40 heavy (non-hydrogen) atoms. The minimum atomic E-state index is -0.264. The average molecular weight is 540 g/mol. The molecule has 206 valence electrons. The summed E-state index contributed by atoms with van der Waals surface area (Å²) < 4.78 is 3.59. The molecular formula is C30H33N7O3. The Kier molecular flexibility index (Phi) is 8.04. The molecule has 5 rings (SSSR count). The van der Waals surface area contributed by atoms with E-state index in [0.717, 1.165) is 22.5 Å². The molecule has 2 aromatic heterocycles. The van der Waals surface area contributed by atoms with Gasteiger partial charge in [0.05, 0.1) is 11.9 Å². The molecule has 0 saturated carbocycles. The number of imidazole rings is 1. The highest BCUT2D eigenvalue weighted by Gasteiger charge is 2.22. The lowest BCUT2D eigenvalue weighted by Gasteiger charge is -2.34. The van der Waals surface area contributed by atoms with E-state index in [1.165, 1.54) is 0 Å². The molecule has 2 aromatic carbocycles. The summed E-state index contributed by atoms with van der Waals surface area (Å²) in [7, 11) is 1.85. The number of hydrogen-bond acceptors (Lipinski definition) is 5. The van der Waals surface area contributed by atoms with E-state index in [1.54, 1.807) is 28.8 Å². The fourth-order valence-electron chi connectivity index (χ4n) is 4.86. The van der Waals surface area contributed by atoms with Crippen molar-refractivity contribution >= 4 is 23.7 Å². The third-order valence-corrected chi connectivity index (χ3v) is 7.08. The van der Waals surface area contributed by atoms with E-state index < -0.39 is 0 Å². The molecule has 1 saturated heterocycles. The van der Waals surface area contributed by atoms with Crippen molar-refractivity contribution in [2.45, 2.75) is 26.2 Å². The molecule has 0 bridgehead atoms. The Balaban J connectivity index is 1.26. The Hall–Kier alpha value is -4.73. The van der Waals surface area contributed by atoms with Gasteiger partial charge in [-0.1, -0.05) is 30.3 Å². The zero-order valence-corrected chi connectivity index (χ0v) is 22.8. The van der Waals surface area contributed by atoms with Crippen LogP contribution in [-0.4, -0.2) is 73.0 Å². The van der Waals surface area contributed by atoms with Crippen LogP contribution in [0.25, 0.3) is 16.8 Å². The number of nitrogens with zero attached hydrogens (tertiary/aromatic N) is 6. The highest BCUT2D eigenvalue weighted by atomic mass is 16.2. The van der Waals surface area contributed by atoms with Gasteiger partial charge in [0, 0.05) is 75.8 Å². The Morgan fingerprint density at radius 3 is 2.35 bits per heavy atom. The van der Waals surface area contributed by atoms with Gasteiger partial charge in [-0.2, -0.15) is 5.10 Å². The maximum atomic E-state index is 13.3. The van der Waals surface area contributed by atoms with Gasteiger partial charge in [0.25, 0.3) is 5.91 Å². The van der Waals surface area contributed by atoms with Crippen molar-refractivity contribution in [3.8, 4) is 16.8 Å². The number of aromatic nitrogens is 4. The highest BCUT2D eigenvalue weighted by molar-refractivity contribution is 6.04. The molecule has 3 heterocycles. The van der Waals surface area contributed by atoms with Crippen molar-refractivity contribution in [1.29, 1.82) is 0 Å². The van der Waals surface area contributed by atoms with E-state index >= 15 is 0 Å². The van der Waals surface area contributed by atoms with Crippen molar-refractivity contribution in [2.75, 3.05) is 31.5 Å². The summed E-state index contributed by atoms with van der Waals surface area (Å²) >= 11 is 0. The number of aryl methyl sites for hydroxylation is 2. The van der Waals surface area contributed by atoms with E-state index in [9.17, 15) is 14.4 Å². The quantitative estimate of drug-likeness (QED) is 0.369. The minimum absolute atomic E-state index is 0.0465. The molecule has 4 aromatic rings. The van der Waals surface area contributed by atoms with Gasteiger partial charge in [-0.25, -0.2) is 4.98 Å². The van der Waals surface area contributed by atoms with Gasteiger partial charge in [-0.15, -0.1) is 0 Å². The summed E-state index contributed by atoms with van der Waals surface area (Å²) in [6.45, 7) is 3.86. The number of piperazine rings is 1. The van der Waals surface area contributed by atoms with Gasteiger partial charge in [0.15, 0.2) is 0 Å². The van der Waals surface area contributed by atoms with Gasteiger partial charge in [0.2, 0.25) is 17.8 Å². The zero-order chi connectivity index (χ0) is 28.1. The number of nitrogens with one attached hydrogen (secondary N) is 1. The minimum Gasteiger partial charge on any atom is -0.339 e. The molecular weight excluding hydrogens is 506 g/mol. The second-order valence-electron chi connectivity index (χ2n) is 9.94. The van der Waals surface area contributed by atoms with Crippen molar-refractivity contribution in [1.82, 2.24) is 29.1 Å². The van der Waals surface area contributed by atoms with Gasteiger partial charge >= 0.3 is 0 Å². The number of amides is 3. The molecule has 1 aliphatic heterocycles. The topological polar surface area (TPSA) is 105 Å². The fourth-order valence-corrected chi connectivity index (χ4v) is 4.86. The maximum absolute atomic E-state index is 13.3. The summed E-state index contributed by atoms with van der Waals surface area (Å²) in [5.41, 5.74) is 4.01. The molecule has 1 N–H and O–H groups in total.